The SMILES string of the molecule is CC(C)(C)c1c#cc2c(c1)B1c3oc4cc5c(cc4c3N(c3ccc(C(C)(C)C)cc3)c3cc(C(C)(C)C)cc(c31)N2c1ccc(C(C)(C)C)cc1C1=CC=CCC1)C(C)(C)CCC5(C)C. The second-order valence-corrected chi connectivity index (χ2v) is 25.6. The molecular formula is C62H71BN2O. The van der Waals surface area contributed by atoms with E-state index in [9.17, 15) is 0 Å². The van der Waals surface area contributed by atoms with Gasteiger partial charge < -0.3 is 14.2 Å². The number of fused-ring (bicyclic) bond motifs is 7. The zero-order chi connectivity index (χ0) is 47.3. The summed E-state index contributed by atoms with van der Waals surface area (Å²) >= 11 is 0. The second kappa shape index (κ2) is 14.6. The third-order valence-corrected chi connectivity index (χ3v) is 15.6. The van der Waals surface area contributed by atoms with E-state index in [1.165, 1.54) is 72.3 Å². The molecule has 3 nitrogen and oxygen atoms in total. The van der Waals surface area contributed by atoms with Crippen LogP contribution in [0.4, 0.5) is 34.1 Å². The molecule has 0 saturated heterocycles. The maximum Gasteiger partial charge on any atom is 0.297 e. The Labute approximate surface area is 397 Å². The number of anilines is 6. The molecule has 1 aromatic heterocycles. The summed E-state index contributed by atoms with van der Waals surface area (Å²) in [4.78, 5) is 5.14. The lowest BCUT2D eigenvalue weighted by molar-refractivity contribution is 0.332. The van der Waals surface area contributed by atoms with Gasteiger partial charge in [0, 0.05) is 33.6 Å². The predicted octanol–water partition coefficient (Wildman–Crippen LogP) is 15.4. The molecular weight excluding hydrogens is 800 g/mol. The number of benzene rings is 4. The average Bonchev–Trinajstić information content (AvgIpc) is 3.61. The Morgan fingerprint density at radius 2 is 1.21 bits per heavy atom. The van der Waals surface area contributed by atoms with E-state index >= 15 is 0 Å². The van der Waals surface area contributed by atoms with Crippen molar-refractivity contribution in [2.45, 2.75) is 169 Å². The van der Waals surface area contributed by atoms with Gasteiger partial charge in [0.15, 0.2) is 0 Å². The minimum atomic E-state index is -0.179. The summed E-state index contributed by atoms with van der Waals surface area (Å²) in [6.07, 6.45) is 11.2. The van der Waals surface area contributed by atoms with Crippen molar-refractivity contribution in [1.82, 2.24) is 0 Å². The Balaban J connectivity index is 1.36. The highest BCUT2D eigenvalue weighted by Crippen LogP contribution is 2.53. The van der Waals surface area contributed by atoms with Crippen LogP contribution in [0.3, 0.4) is 0 Å². The molecule has 0 fully saturated rings. The van der Waals surface area contributed by atoms with Gasteiger partial charge in [0.25, 0.3) is 6.71 Å². The average molecular weight is 871 g/mol. The minimum Gasteiger partial charge on any atom is -0.468 e. The quantitative estimate of drug-likeness (QED) is 0.165. The Morgan fingerprint density at radius 1 is 0.606 bits per heavy atom. The van der Waals surface area contributed by atoms with E-state index in [4.69, 9.17) is 4.42 Å². The Bertz CT molecular complexity index is 3010. The maximum absolute atomic E-state index is 7.59. The molecule has 2 aliphatic heterocycles. The highest BCUT2D eigenvalue weighted by Gasteiger charge is 2.49. The van der Waals surface area contributed by atoms with Gasteiger partial charge in [0.1, 0.15) is 5.58 Å². The summed E-state index contributed by atoms with van der Waals surface area (Å²) in [5.74, 6) is 0. The standard InChI is InChI=1S/C62H71BN2O/c1-57(2,3)39-22-26-43(27-23-39)64-51-34-42(60(10,11)12)35-52-54(51)63(56-55(64)45-36-46-47(37-53(45)66-56)62(15,16)31-30-61(46,13)14)48-33-41(59(7,8)9)25-29-50(48)65(52)49-28-24-40(58(4,5)6)32-44(49)38-20-18-17-19-21-38/h17-18,20,22-24,26-28,32-37H,19,21,30-31H2,1-16H3. The molecule has 10 rings (SSSR count). The molecule has 2 aliphatic carbocycles. The van der Waals surface area contributed by atoms with Gasteiger partial charge in [-0.3, -0.25) is 0 Å². The first-order valence-corrected chi connectivity index (χ1v) is 24.7. The second-order valence-electron chi connectivity index (χ2n) is 25.6. The van der Waals surface area contributed by atoms with Gasteiger partial charge in [-0.15, -0.1) is 0 Å². The fourth-order valence-corrected chi connectivity index (χ4v) is 11.2. The maximum atomic E-state index is 7.59. The molecule has 0 amide bonds. The van der Waals surface area contributed by atoms with E-state index in [-0.39, 0.29) is 39.2 Å². The zero-order valence-electron chi connectivity index (χ0n) is 42.9. The number of hydrogen-bond acceptors (Lipinski definition) is 3. The van der Waals surface area contributed by atoms with E-state index in [1.807, 2.05) is 0 Å². The molecule has 0 bridgehead atoms. The minimum absolute atomic E-state index is 0.0134. The van der Waals surface area contributed by atoms with Crippen LogP contribution in [0.15, 0.2) is 95.4 Å². The first-order valence-electron chi connectivity index (χ1n) is 24.7. The van der Waals surface area contributed by atoms with E-state index in [2.05, 4.69) is 224 Å². The number of nitrogens with zero attached hydrogens (tertiary/aromatic N) is 2. The van der Waals surface area contributed by atoms with E-state index < -0.39 is 0 Å². The molecule has 0 radical (unpaired) electrons. The summed E-state index contributed by atoms with van der Waals surface area (Å²) in [5, 5.41) is 1.19. The Kier molecular flexibility index (Phi) is 9.80. The van der Waals surface area contributed by atoms with Crippen LogP contribution in [0.2, 0.25) is 0 Å². The van der Waals surface area contributed by atoms with Crippen molar-refractivity contribution in [2.75, 3.05) is 9.80 Å². The Hall–Kier alpha value is -5.40. The Morgan fingerprint density at radius 3 is 1.80 bits per heavy atom. The smallest absolute Gasteiger partial charge is 0.297 e. The van der Waals surface area contributed by atoms with Crippen LogP contribution < -0.4 is 26.4 Å². The molecule has 0 unspecified atom stereocenters. The summed E-state index contributed by atoms with van der Waals surface area (Å²) in [6, 6.07) is 36.7. The van der Waals surface area contributed by atoms with Crippen molar-refractivity contribution in [2.24, 2.45) is 0 Å². The van der Waals surface area contributed by atoms with Gasteiger partial charge in [-0.2, -0.15) is 0 Å². The lowest BCUT2D eigenvalue weighted by Gasteiger charge is -2.44. The van der Waals surface area contributed by atoms with E-state index in [0.29, 0.717) is 0 Å². The van der Waals surface area contributed by atoms with Crippen LogP contribution >= 0.6 is 0 Å². The van der Waals surface area contributed by atoms with E-state index in [1.54, 1.807) is 0 Å². The summed E-state index contributed by atoms with van der Waals surface area (Å²) in [7, 11) is 0. The largest absolute Gasteiger partial charge is 0.468 e. The summed E-state index contributed by atoms with van der Waals surface area (Å²) in [5.41, 5.74) is 21.8. The molecule has 5 aromatic carbocycles. The molecule has 3 heterocycles. The lowest BCUT2D eigenvalue weighted by Crippen LogP contribution is -2.61. The third-order valence-electron chi connectivity index (χ3n) is 15.6. The van der Waals surface area contributed by atoms with Crippen molar-refractivity contribution < 1.29 is 4.42 Å². The molecule has 338 valence electrons. The molecule has 0 N–H and O–H groups in total. The van der Waals surface area contributed by atoms with Crippen molar-refractivity contribution in [3.05, 3.63) is 142 Å². The summed E-state index contributed by atoms with van der Waals surface area (Å²) in [6.45, 7) is 37.4. The third kappa shape index (κ3) is 7.09. The molecule has 6 aromatic rings. The summed E-state index contributed by atoms with van der Waals surface area (Å²) < 4.78 is 7.59. The first kappa shape index (κ1) is 44.4. The molecule has 66 heavy (non-hydrogen) atoms. The van der Waals surface area contributed by atoms with Gasteiger partial charge in [-0.05, 0) is 157 Å². The lowest BCUT2D eigenvalue weighted by atomic mass is 9.35. The highest BCUT2D eigenvalue weighted by molar-refractivity contribution is 7.00. The molecule has 4 aliphatic rings. The van der Waals surface area contributed by atoms with Crippen molar-refractivity contribution in [3.63, 3.8) is 0 Å². The zero-order valence-corrected chi connectivity index (χ0v) is 42.9. The van der Waals surface area contributed by atoms with Crippen molar-refractivity contribution in [1.29, 1.82) is 0 Å². The van der Waals surface area contributed by atoms with Gasteiger partial charge in [0.2, 0.25) is 0 Å². The highest BCUT2D eigenvalue weighted by atomic mass is 16.3. The van der Waals surface area contributed by atoms with E-state index in [0.717, 1.165) is 59.6 Å². The van der Waals surface area contributed by atoms with Crippen molar-refractivity contribution in [3.8, 4) is 0 Å². The van der Waals surface area contributed by atoms with Crippen LogP contribution in [0.5, 0.6) is 0 Å². The number of allylic oxidation sites excluding steroid dienone is 4. The first-order chi connectivity index (χ1) is 30.7. The molecule has 0 saturated carbocycles. The molecule has 0 spiro atoms. The van der Waals surface area contributed by atoms with Crippen LogP contribution in [0.25, 0.3) is 16.5 Å². The molecule has 0 atom stereocenters. The number of rotatable bonds is 3. The van der Waals surface area contributed by atoms with Gasteiger partial charge in [-0.25, -0.2) is 0 Å². The topological polar surface area (TPSA) is 19.6 Å². The number of furan rings is 1. The molecule has 4 heteroatoms. The normalized spacial score (nSPS) is 17.5. The van der Waals surface area contributed by atoms with Gasteiger partial charge in [-0.1, -0.05) is 159 Å². The van der Waals surface area contributed by atoms with Gasteiger partial charge in [0.05, 0.1) is 22.7 Å². The van der Waals surface area contributed by atoms with Crippen LogP contribution in [-0.4, -0.2) is 6.71 Å². The number of hydrogen-bond donors (Lipinski definition) is 0. The van der Waals surface area contributed by atoms with Crippen LogP contribution in [0.1, 0.15) is 175 Å². The monoisotopic (exact) mass is 871 g/mol. The van der Waals surface area contributed by atoms with Crippen LogP contribution in [-0.2, 0) is 32.5 Å². The fraction of sp³-hybridized carbons (Fsp3) is 0.419. The van der Waals surface area contributed by atoms with Crippen LogP contribution in [0, 0.1) is 12.1 Å². The fourth-order valence-electron chi connectivity index (χ4n) is 11.2. The van der Waals surface area contributed by atoms with Gasteiger partial charge >= 0.3 is 0 Å². The van der Waals surface area contributed by atoms with Crippen molar-refractivity contribution >= 4 is 74.0 Å². The predicted molar refractivity (Wildman–Crippen MR) is 284 cm³/mol.